The maximum absolute atomic E-state index is 8.76. The average Bonchev–Trinajstić information content (AvgIpc) is 2.48. The highest BCUT2D eigenvalue weighted by Crippen LogP contribution is 2.15. The molecule has 0 aromatic carbocycles. The van der Waals surface area contributed by atoms with Gasteiger partial charge in [-0.1, -0.05) is 13.8 Å². The van der Waals surface area contributed by atoms with Gasteiger partial charge >= 0.3 is 0 Å². The van der Waals surface area contributed by atoms with Crippen LogP contribution in [-0.2, 0) is 6.54 Å². The van der Waals surface area contributed by atoms with Crippen LogP contribution in [0.5, 0.6) is 0 Å². The molecule has 0 aliphatic carbocycles. The molecule has 0 spiro atoms. The zero-order valence-electron chi connectivity index (χ0n) is 7.86. The van der Waals surface area contributed by atoms with Crippen molar-refractivity contribution in [2.45, 2.75) is 26.3 Å². The van der Waals surface area contributed by atoms with E-state index in [4.69, 9.17) is 10.4 Å². The maximum atomic E-state index is 8.76. The summed E-state index contributed by atoms with van der Waals surface area (Å²) in [5, 5.41) is 21.4. The number of nitrogens with zero attached hydrogens (tertiary/aromatic N) is 3. The largest absolute Gasteiger partial charge is 0.394 e. The van der Waals surface area contributed by atoms with Crippen molar-refractivity contribution in [1.29, 1.82) is 5.26 Å². The first kappa shape index (κ1) is 9.75. The van der Waals surface area contributed by atoms with Crippen molar-refractivity contribution in [3.8, 4) is 6.07 Å². The highest BCUT2D eigenvalue weighted by molar-refractivity contribution is 5.24. The molecule has 1 aromatic rings. The van der Waals surface area contributed by atoms with E-state index in [1.54, 1.807) is 10.7 Å². The van der Waals surface area contributed by atoms with Crippen LogP contribution in [0.3, 0.4) is 0 Å². The molecular weight excluding hydrogens is 166 g/mol. The van der Waals surface area contributed by atoms with E-state index < -0.39 is 0 Å². The summed E-state index contributed by atoms with van der Waals surface area (Å²) in [5.74, 6) is 0.321. The maximum Gasteiger partial charge on any atom is 0.162 e. The lowest BCUT2D eigenvalue weighted by molar-refractivity contribution is 0.266. The molecule has 1 rings (SSSR count). The molecule has 70 valence electrons. The molecule has 13 heavy (non-hydrogen) atoms. The highest BCUT2D eigenvalue weighted by atomic mass is 16.3. The van der Waals surface area contributed by atoms with Crippen LogP contribution in [0.4, 0.5) is 0 Å². The molecule has 0 aliphatic rings. The molecule has 0 fully saturated rings. The summed E-state index contributed by atoms with van der Waals surface area (Å²) in [7, 11) is 0. The third kappa shape index (κ3) is 2.07. The molecule has 1 N–H and O–H groups in total. The van der Waals surface area contributed by atoms with E-state index in [1.807, 2.05) is 19.9 Å². The second-order valence-corrected chi connectivity index (χ2v) is 3.17. The van der Waals surface area contributed by atoms with Crippen molar-refractivity contribution < 1.29 is 5.11 Å². The number of rotatable bonds is 3. The zero-order valence-corrected chi connectivity index (χ0v) is 7.86. The fourth-order valence-electron chi connectivity index (χ4n) is 1.22. The average molecular weight is 179 g/mol. The molecule has 1 heterocycles. The third-order valence-electron chi connectivity index (χ3n) is 1.83. The van der Waals surface area contributed by atoms with Crippen molar-refractivity contribution in [2.75, 3.05) is 6.61 Å². The molecule has 0 amide bonds. The summed E-state index contributed by atoms with van der Waals surface area (Å²) >= 11 is 0. The molecule has 0 saturated carbocycles. The Morgan fingerprint density at radius 1 is 1.69 bits per heavy atom. The first-order valence-corrected chi connectivity index (χ1v) is 4.27. The lowest BCUT2D eigenvalue weighted by Gasteiger charge is -2.07. The van der Waals surface area contributed by atoms with Crippen LogP contribution < -0.4 is 0 Å². The van der Waals surface area contributed by atoms with E-state index in [-0.39, 0.29) is 6.61 Å². The highest BCUT2D eigenvalue weighted by Gasteiger charge is 2.09. The van der Waals surface area contributed by atoms with E-state index in [0.29, 0.717) is 18.2 Å². The minimum atomic E-state index is 0.0479. The summed E-state index contributed by atoms with van der Waals surface area (Å²) in [5.41, 5.74) is 1.41. The summed E-state index contributed by atoms with van der Waals surface area (Å²) in [6.07, 6.45) is 0. The molecular formula is C9H13N3O. The second-order valence-electron chi connectivity index (χ2n) is 3.17. The monoisotopic (exact) mass is 179 g/mol. The minimum Gasteiger partial charge on any atom is -0.394 e. The lowest BCUT2D eigenvalue weighted by atomic mass is 10.1. The quantitative estimate of drug-likeness (QED) is 0.748. The van der Waals surface area contributed by atoms with Crippen LogP contribution in [0, 0.1) is 11.3 Å². The van der Waals surface area contributed by atoms with Crippen molar-refractivity contribution in [3.63, 3.8) is 0 Å². The van der Waals surface area contributed by atoms with Crippen LogP contribution in [0.1, 0.15) is 31.2 Å². The molecule has 0 radical (unpaired) electrons. The summed E-state index contributed by atoms with van der Waals surface area (Å²) in [6, 6.07) is 3.75. The topological polar surface area (TPSA) is 61.8 Å². The first-order valence-electron chi connectivity index (χ1n) is 4.27. The standard InChI is InChI=1S/C9H13N3O/c1-7(2)9-5-8(6-10)11-12(9)3-4-13/h5,7,13H,3-4H2,1-2H3. The van der Waals surface area contributed by atoms with Crippen LogP contribution >= 0.6 is 0 Å². The predicted molar refractivity (Wildman–Crippen MR) is 48.1 cm³/mol. The molecule has 0 unspecified atom stereocenters. The third-order valence-corrected chi connectivity index (χ3v) is 1.83. The van der Waals surface area contributed by atoms with Gasteiger partial charge in [0.15, 0.2) is 5.69 Å². The van der Waals surface area contributed by atoms with Gasteiger partial charge in [0.25, 0.3) is 0 Å². The predicted octanol–water partition coefficient (Wildman–Crippen LogP) is 0.870. The number of aliphatic hydroxyl groups is 1. The fourth-order valence-corrected chi connectivity index (χ4v) is 1.22. The van der Waals surface area contributed by atoms with E-state index in [9.17, 15) is 0 Å². The summed E-state index contributed by atoms with van der Waals surface area (Å²) in [4.78, 5) is 0. The van der Waals surface area contributed by atoms with Crippen LogP contribution in [0.25, 0.3) is 0 Å². The lowest BCUT2D eigenvalue weighted by Crippen LogP contribution is -2.09. The summed E-state index contributed by atoms with van der Waals surface area (Å²) in [6.45, 7) is 4.57. The molecule has 4 heteroatoms. The van der Waals surface area contributed by atoms with Gasteiger partial charge in [0.1, 0.15) is 6.07 Å². The number of hydrogen-bond acceptors (Lipinski definition) is 3. The van der Waals surface area contributed by atoms with E-state index in [1.165, 1.54) is 0 Å². The van der Waals surface area contributed by atoms with Crippen molar-refractivity contribution in [2.24, 2.45) is 0 Å². The van der Waals surface area contributed by atoms with Crippen molar-refractivity contribution in [3.05, 3.63) is 17.5 Å². The van der Waals surface area contributed by atoms with Crippen molar-refractivity contribution in [1.82, 2.24) is 9.78 Å². The van der Waals surface area contributed by atoms with Gasteiger partial charge < -0.3 is 5.11 Å². The zero-order chi connectivity index (χ0) is 9.84. The Kier molecular flexibility index (Phi) is 3.04. The fraction of sp³-hybridized carbons (Fsp3) is 0.556. The Bertz CT molecular complexity index is 322. The van der Waals surface area contributed by atoms with Crippen LogP contribution in [-0.4, -0.2) is 21.5 Å². The van der Waals surface area contributed by atoms with Gasteiger partial charge in [-0.2, -0.15) is 10.4 Å². The van der Waals surface area contributed by atoms with Gasteiger partial charge in [0.2, 0.25) is 0 Å². The number of nitriles is 1. The minimum absolute atomic E-state index is 0.0479. The van der Waals surface area contributed by atoms with Crippen LogP contribution in [0.2, 0.25) is 0 Å². The first-order chi connectivity index (χ1) is 6.19. The van der Waals surface area contributed by atoms with Crippen molar-refractivity contribution >= 4 is 0 Å². The Hall–Kier alpha value is -1.34. The van der Waals surface area contributed by atoms with E-state index in [0.717, 1.165) is 5.69 Å². The molecule has 0 saturated heterocycles. The molecule has 0 bridgehead atoms. The molecule has 0 atom stereocenters. The number of aliphatic hydroxyl groups excluding tert-OH is 1. The Morgan fingerprint density at radius 3 is 2.85 bits per heavy atom. The van der Waals surface area contributed by atoms with Gasteiger partial charge in [-0.25, -0.2) is 0 Å². The Labute approximate surface area is 77.4 Å². The number of hydrogen-bond donors (Lipinski definition) is 1. The number of aromatic nitrogens is 2. The van der Waals surface area contributed by atoms with E-state index >= 15 is 0 Å². The summed E-state index contributed by atoms with van der Waals surface area (Å²) < 4.78 is 1.68. The second kappa shape index (κ2) is 4.06. The van der Waals surface area contributed by atoms with Crippen LogP contribution in [0.15, 0.2) is 6.07 Å². The van der Waals surface area contributed by atoms with E-state index in [2.05, 4.69) is 5.10 Å². The Balaban J connectivity index is 3.02. The van der Waals surface area contributed by atoms with Gasteiger partial charge in [-0.05, 0) is 12.0 Å². The van der Waals surface area contributed by atoms with Gasteiger partial charge in [0, 0.05) is 5.69 Å². The smallest absolute Gasteiger partial charge is 0.162 e. The molecule has 1 aromatic heterocycles. The van der Waals surface area contributed by atoms with Gasteiger partial charge in [-0.15, -0.1) is 0 Å². The molecule has 4 nitrogen and oxygen atoms in total. The Morgan fingerprint density at radius 2 is 2.38 bits per heavy atom. The normalized spacial score (nSPS) is 10.4. The molecule has 0 aliphatic heterocycles. The SMILES string of the molecule is CC(C)c1cc(C#N)nn1CCO. The van der Waals surface area contributed by atoms with Gasteiger partial charge in [-0.3, -0.25) is 4.68 Å². The van der Waals surface area contributed by atoms with Gasteiger partial charge in [0.05, 0.1) is 13.2 Å².